The summed E-state index contributed by atoms with van der Waals surface area (Å²) in [7, 11) is 0. The monoisotopic (exact) mass is 334 g/mol. The minimum atomic E-state index is -3.98. The van der Waals surface area contributed by atoms with Gasteiger partial charge in [-0.1, -0.05) is 26.2 Å². The summed E-state index contributed by atoms with van der Waals surface area (Å²) in [4.78, 5) is 0. The zero-order valence-electron chi connectivity index (χ0n) is 14.5. The molecule has 0 saturated heterocycles. The Bertz CT molecular complexity index is 313. The van der Waals surface area contributed by atoms with Crippen LogP contribution < -0.4 is 0 Å². The Morgan fingerprint density at radius 3 is 1.96 bits per heavy atom. The molecular formula is C19H33F3O. The van der Waals surface area contributed by atoms with Crippen LogP contribution in [0.15, 0.2) is 0 Å². The summed E-state index contributed by atoms with van der Waals surface area (Å²) in [5.74, 6) is 1.86. The van der Waals surface area contributed by atoms with E-state index < -0.39 is 12.6 Å². The van der Waals surface area contributed by atoms with E-state index in [9.17, 15) is 13.2 Å². The van der Waals surface area contributed by atoms with Crippen molar-refractivity contribution >= 4 is 0 Å². The lowest BCUT2D eigenvalue weighted by Crippen LogP contribution is -2.29. The highest BCUT2D eigenvalue weighted by atomic mass is 19.4. The highest BCUT2D eigenvalue weighted by Gasteiger charge is 2.33. The minimum absolute atomic E-state index is 0.307. The molecule has 136 valence electrons. The van der Waals surface area contributed by atoms with Gasteiger partial charge in [0, 0.05) is 13.0 Å². The maximum Gasteiger partial charge on any atom is 0.389 e. The molecule has 0 aromatic carbocycles. The van der Waals surface area contributed by atoms with Crippen LogP contribution in [0.4, 0.5) is 13.2 Å². The van der Waals surface area contributed by atoms with E-state index in [2.05, 4.69) is 6.92 Å². The zero-order valence-corrected chi connectivity index (χ0v) is 14.5. The molecule has 2 rings (SSSR count). The van der Waals surface area contributed by atoms with E-state index in [-0.39, 0.29) is 0 Å². The largest absolute Gasteiger partial charge is 0.389 e. The van der Waals surface area contributed by atoms with Gasteiger partial charge in [-0.05, 0) is 69.1 Å². The molecule has 0 heterocycles. The average molecular weight is 334 g/mol. The second-order valence-corrected chi connectivity index (χ2v) is 7.70. The summed E-state index contributed by atoms with van der Waals surface area (Å²) in [5.41, 5.74) is 0. The first-order chi connectivity index (χ1) is 11.0. The van der Waals surface area contributed by atoms with E-state index in [1.165, 1.54) is 32.1 Å². The van der Waals surface area contributed by atoms with Gasteiger partial charge in [-0.2, -0.15) is 13.2 Å². The van der Waals surface area contributed by atoms with Crippen LogP contribution in [0.5, 0.6) is 0 Å². The lowest BCUT2D eigenvalue weighted by molar-refractivity contribution is -0.138. The SMILES string of the molecule is CCCCO[C@H]1CC[C@H]([C@H]2CC[C@H](CCC(F)(F)F)CC2)CC1. The van der Waals surface area contributed by atoms with Gasteiger partial charge in [0.05, 0.1) is 6.10 Å². The molecule has 0 aliphatic heterocycles. The topological polar surface area (TPSA) is 9.23 Å². The quantitative estimate of drug-likeness (QED) is 0.482. The van der Waals surface area contributed by atoms with Crippen molar-refractivity contribution in [1.29, 1.82) is 0 Å². The van der Waals surface area contributed by atoms with E-state index in [1.54, 1.807) is 0 Å². The zero-order chi connectivity index (χ0) is 16.7. The van der Waals surface area contributed by atoms with Crippen molar-refractivity contribution in [3.8, 4) is 0 Å². The predicted molar refractivity (Wildman–Crippen MR) is 87.3 cm³/mol. The summed E-state index contributed by atoms with van der Waals surface area (Å²) < 4.78 is 42.9. The molecule has 0 aromatic heterocycles. The van der Waals surface area contributed by atoms with E-state index in [1.807, 2.05) is 0 Å². The van der Waals surface area contributed by atoms with Crippen molar-refractivity contribution in [2.75, 3.05) is 6.61 Å². The molecule has 0 spiro atoms. The van der Waals surface area contributed by atoms with Crippen molar-refractivity contribution in [1.82, 2.24) is 0 Å². The van der Waals surface area contributed by atoms with E-state index in [4.69, 9.17) is 4.74 Å². The normalized spacial score (nSPS) is 32.9. The lowest BCUT2D eigenvalue weighted by atomic mass is 9.70. The van der Waals surface area contributed by atoms with Crippen molar-refractivity contribution in [2.24, 2.45) is 17.8 Å². The molecule has 1 nitrogen and oxygen atoms in total. The standard InChI is InChI=1S/C19H33F3O/c1-2-3-14-23-18-10-8-17(9-11-18)16-6-4-15(5-7-16)12-13-19(20,21)22/h15-18H,2-14H2,1H3/t15-,16-,17-,18-. The number of hydrogen-bond donors (Lipinski definition) is 0. The van der Waals surface area contributed by atoms with Crippen LogP contribution in [-0.4, -0.2) is 18.9 Å². The van der Waals surface area contributed by atoms with Crippen molar-refractivity contribution < 1.29 is 17.9 Å². The number of unbranched alkanes of at least 4 members (excludes halogenated alkanes) is 1. The Labute approximate surface area is 139 Å². The molecule has 4 heteroatoms. The van der Waals surface area contributed by atoms with Gasteiger partial charge in [0.1, 0.15) is 0 Å². The Hall–Kier alpha value is -0.250. The van der Waals surface area contributed by atoms with E-state index in [0.717, 1.165) is 50.5 Å². The number of ether oxygens (including phenoxy) is 1. The molecule has 0 unspecified atom stereocenters. The van der Waals surface area contributed by atoms with Crippen LogP contribution in [0.3, 0.4) is 0 Å². The molecule has 2 fully saturated rings. The van der Waals surface area contributed by atoms with Gasteiger partial charge in [0.2, 0.25) is 0 Å². The lowest BCUT2D eigenvalue weighted by Gasteiger charge is -2.38. The van der Waals surface area contributed by atoms with Gasteiger partial charge >= 0.3 is 6.18 Å². The summed E-state index contributed by atoms with van der Waals surface area (Å²) in [6.45, 7) is 3.08. The third-order valence-electron chi connectivity index (χ3n) is 5.96. The molecular weight excluding hydrogens is 301 g/mol. The van der Waals surface area contributed by atoms with Gasteiger partial charge in [-0.25, -0.2) is 0 Å². The maximum atomic E-state index is 12.3. The molecule has 23 heavy (non-hydrogen) atoms. The van der Waals surface area contributed by atoms with Crippen LogP contribution in [-0.2, 0) is 4.74 Å². The number of rotatable bonds is 7. The average Bonchev–Trinajstić information content (AvgIpc) is 2.54. The molecule has 0 radical (unpaired) electrons. The molecule has 0 atom stereocenters. The molecule has 0 N–H and O–H groups in total. The smallest absolute Gasteiger partial charge is 0.378 e. The van der Waals surface area contributed by atoms with Crippen LogP contribution in [0.1, 0.15) is 84.0 Å². The van der Waals surface area contributed by atoms with Gasteiger partial charge in [0.15, 0.2) is 0 Å². The molecule has 2 aliphatic carbocycles. The van der Waals surface area contributed by atoms with Crippen molar-refractivity contribution in [3.05, 3.63) is 0 Å². The van der Waals surface area contributed by atoms with Crippen LogP contribution in [0.2, 0.25) is 0 Å². The highest BCUT2D eigenvalue weighted by Crippen LogP contribution is 2.42. The second kappa shape index (κ2) is 9.29. The van der Waals surface area contributed by atoms with Gasteiger partial charge in [-0.3, -0.25) is 0 Å². The van der Waals surface area contributed by atoms with Crippen LogP contribution in [0, 0.1) is 17.8 Å². The Morgan fingerprint density at radius 1 is 0.870 bits per heavy atom. The Kier molecular flexibility index (Phi) is 7.71. The van der Waals surface area contributed by atoms with E-state index in [0.29, 0.717) is 18.4 Å². The summed E-state index contributed by atoms with van der Waals surface area (Å²) in [6, 6.07) is 0. The summed E-state index contributed by atoms with van der Waals surface area (Å²) in [6.07, 6.45) is 7.76. The summed E-state index contributed by atoms with van der Waals surface area (Å²) >= 11 is 0. The Morgan fingerprint density at radius 2 is 1.43 bits per heavy atom. The van der Waals surface area contributed by atoms with Crippen molar-refractivity contribution in [3.63, 3.8) is 0 Å². The van der Waals surface area contributed by atoms with Gasteiger partial charge in [0.25, 0.3) is 0 Å². The first-order valence-corrected chi connectivity index (χ1v) is 9.66. The third kappa shape index (κ3) is 7.03. The fourth-order valence-electron chi connectivity index (χ4n) is 4.44. The molecule has 2 saturated carbocycles. The fraction of sp³-hybridized carbons (Fsp3) is 1.00. The number of hydrogen-bond acceptors (Lipinski definition) is 1. The van der Waals surface area contributed by atoms with E-state index >= 15 is 0 Å². The molecule has 2 aliphatic rings. The first-order valence-electron chi connectivity index (χ1n) is 9.66. The number of alkyl halides is 3. The predicted octanol–water partition coefficient (Wildman–Crippen LogP) is 6.51. The summed E-state index contributed by atoms with van der Waals surface area (Å²) in [5, 5.41) is 0. The Balaban J connectivity index is 1.61. The maximum absolute atomic E-state index is 12.3. The molecule has 0 bridgehead atoms. The second-order valence-electron chi connectivity index (χ2n) is 7.70. The van der Waals surface area contributed by atoms with Gasteiger partial charge < -0.3 is 4.74 Å². The van der Waals surface area contributed by atoms with Gasteiger partial charge in [-0.15, -0.1) is 0 Å². The highest BCUT2D eigenvalue weighted by molar-refractivity contribution is 4.82. The fourth-order valence-corrected chi connectivity index (χ4v) is 4.44. The van der Waals surface area contributed by atoms with Crippen LogP contribution >= 0.6 is 0 Å². The molecule has 0 aromatic rings. The van der Waals surface area contributed by atoms with Crippen molar-refractivity contribution in [2.45, 2.75) is 96.3 Å². The third-order valence-corrected chi connectivity index (χ3v) is 5.96. The minimum Gasteiger partial charge on any atom is -0.378 e. The van der Waals surface area contributed by atoms with Crippen LogP contribution in [0.25, 0.3) is 0 Å². The molecule has 0 amide bonds. The number of halogens is 3. The first kappa shape index (κ1) is 19.1.